The predicted molar refractivity (Wildman–Crippen MR) is 80.2 cm³/mol. The molecule has 0 bridgehead atoms. The van der Waals surface area contributed by atoms with Crippen LogP contribution in [0.25, 0.3) is 0 Å². The molecule has 1 atom stereocenters. The van der Waals surface area contributed by atoms with Crippen molar-refractivity contribution in [3.05, 3.63) is 35.6 Å². The number of hydrogen-bond acceptors (Lipinski definition) is 2. The fourth-order valence-electron chi connectivity index (χ4n) is 2.39. The van der Waals surface area contributed by atoms with Crippen molar-refractivity contribution in [1.29, 1.82) is 0 Å². The Morgan fingerprint density at radius 2 is 1.77 bits per heavy atom. The van der Waals surface area contributed by atoms with Gasteiger partial charge in [-0.2, -0.15) is 13.2 Å². The van der Waals surface area contributed by atoms with Gasteiger partial charge in [-0.15, -0.1) is 0 Å². The molecule has 0 aliphatic heterocycles. The summed E-state index contributed by atoms with van der Waals surface area (Å²) in [7, 11) is 1.86. The molecule has 1 aromatic rings. The fourth-order valence-corrected chi connectivity index (χ4v) is 2.39. The Labute approximate surface area is 129 Å². The van der Waals surface area contributed by atoms with E-state index in [0.717, 1.165) is 0 Å². The van der Waals surface area contributed by atoms with Gasteiger partial charge in [0.05, 0.1) is 6.54 Å². The minimum absolute atomic E-state index is 0.112. The molecular weight excluding hydrogens is 296 g/mol. The van der Waals surface area contributed by atoms with E-state index >= 15 is 0 Å². The van der Waals surface area contributed by atoms with Gasteiger partial charge in [-0.1, -0.05) is 25.1 Å². The van der Waals surface area contributed by atoms with E-state index in [1.807, 2.05) is 18.9 Å². The van der Waals surface area contributed by atoms with Crippen LogP contribution in [0.1, 0.15) is 31.9 Å². The molecule has 0 N–H and O–H groups in total. The molecule has 2 nitrogen and oxygen atoms in total. The molecule has 0 aliphatic rings. The van der Waals surface area contributed by atoms with Crippen molar-refractivity contribution < 1.29 is 17.6 Å². The van der Waals surface area contributed by atoms with Crippen molar-refractivity contribution in [3.63, 3.8) is 0 Å². The largest absolute Gasteiger partial charge is 0.401 e. The molecule has 0 aliphatic carbocycles. The second kappa shape index (κ2) is 8.48. The maximum Gasteiger partial charge on any atom is 0.401 e. The summed E-state index contributed by atoms with van der Waals surface area (Å²) in [5, 5.41) is 0. The van der Waals surface area contributed by atoms with Crippen molar-refractivity contribution in [3.8, 4) is 0 Å². The molecule has 0 amide bonds. The lowest BCUT2D eigenvalue weighted by Gasteiger charge is -2.27. The van der Waals surface area contributed by atoms with Gasteiger partial charge >= 0.3 is 6.18 Å². The highest BCUT2D eigenvalue weighted by molar-refractivity contribution is 5.20. The van der Waals surface area contributed by atoms with E-state index in [-0.39, 0.29) is 11.9 Å². The van der Waals surface area contributed by atoms with Crippen LogP contribution in [0.2, 0.25) is 0 Å². The van der Waals surface area contributed by atoms with Crippen LogP contribution >= 0.6 is 0 Å². The van der Waals surface area contributed by atoms with Crippen LogP contribution < -0.4 is 0 Å². The topological polar surface area (TPSA) is 6.48 Å². The maximum absolute atomic E-state index is 13.7. The summed E-state index contributed by atoms with van der Waals surface area (Å²) in [6.45, 7) is 4.10. The Hall–Kier alpha value is -1.14. The summed E-state index contributed by atoms with van der Waals surface area (Å²) in [6, 6.07) is 6.46. The molecule has 1 rings (SSSR count). The number of nitrogens with zero attached hydrogens (tertiary/aromatic N) is 2. The first-order valence-corrected chi connectivity index (χ1v) is 7.48. The van der Waals surface area contributed by atoms with E-state index in [9.17, 15) is 17.6 Å². The van der Waals surface area contributed by atoms with Crippen molar-refractivity contribution in [2.45, 2.75) is 32.5 Å². The van der Waals surface area contributed by atoms with Gasteiger partial charge in [0.25, 0.3) is 0 Å². The molecule has 0 unspecified atom stereocenters. The molecule has 0 heterocycles. The average molecular weight is 320 g/mol. The molecule has 0 fully saturated rings. The van der Waals surface area contributed by atoms with Crippen molar-refractivity contribution >= 4 is 0 Å². The second-order valence-electron chi connectivity index (χ2n) is 5.52. The van der Waals surface area contributed by atoms with Crippen LogP contribution in [0.4, 0.5) is 17.6 Å². The van der Waals surface area contributed by atoms with E-state index in [1.165, 1.54) is 11.0 Å². The van der Waals surface area contributed by atoms with Crippen LogP contribution in [0, 0.1) is 5.82 Å². The van der Waals surface area contributed by atoms with Gasteiger partial charge in [0.1, 0.15) is 5.82 Å². The Morgan fingerprint density at radius 3 is 2.32 bits per heavy atom. The molecular formula is C16H24F4N2. The average Bonchev–Trinajstić information content (AvgIpc) is 2.44. The summed E-state index contributed by atoms with van der Waals surface area (Å²) in [5.41, 5.74) is 0.604. The van der Waals surface area contributed by atoms with E-state index in [1.54, 1.807) is 25.1 Å². The van der Waals surface area contributed by atoms with Crippen molar-refractivity contribution in [2.24, 2.45) is 0 Å². The van der Waals surface area contributed by atoms with E-state index in [2.05, 4.69) is 0 Å². The lowest BCUT2D eigenvalue weighted by atomic mass is 10.1. The first-order valence-electron chi connectivity index (χ1n) is 7.48. The van der Waals surface area contributed by atoms with Gasteiger partial charge in [-0.25, -0.2) is 4.39 Å². The Kier molecular flexibility index (Phi) is 7.29. The summed E-state index contributed by atoms with van der Waals surface area (Å²) in [6.07, 6.45) is -3.55. The second-order valence-corrected chi connectivity index (χ2v) is 5.52. The fraction of sp³-hybridized carbons (Fsp3) is 0.625. The monoisotopic (exact) mass is 320 g/mol. The zero-order chi connectivity index (χ0) is 16.8. The summed E-state index contributed by atoms with van der Waals surface area (Å²) in [5.74, 6) is -0.255. The highest BCUT2D eigenvalue weighted by Crippen LogP contribution is 2.22. The highest BCUT2D eigenvalue weighted by Gasteiger charge is 2.29. The van der Waals surface area contributed by atoms with E-state index in [4.69, 9.17) is 0 Å². The minimum Gasteiger partial charge on any atom is -0.299 e. The standard InChI is InChI=1S/C16H24F4N2/c1-4-22(12-16(18,19)20)11-7-10-21(3)13(2)14-8-5-6-9-15(14)17/h5-6,8-9,13H,4,7,10-12H2,1-3H3/t13-/m1/s1. The number of hydrogen-bond donors (Lipinski definition) is 0. The predicted octanol–water partition coefficient (Wildman–Crippen LogP) is 4.09. The van der Waals surface area contributed by atoms with Gasteiger partial charge in [-0.05, 0) is 46.1 Å². The molecule has 126 valence electrons. The lowest BCUT2D eigenvalue weighted by Crippen LogP contribution is -2.36. The summed E-state index contributed by atoms with van der Waals surface area (Å²) in [4.78, 5) is 3.33. The molecule has 0 radical (unpaired) electrons. The molecule has 0 aromatic heterocycles. The SMILES string of the molecule is CCN(CCCN(C)[C@H](C)c1ccccc1F)CC(F)(F)F. The zero-order valence-electron chi connectivity index (χ0n) is 13.3. The smallest absolute Gasteiger partial charge is 0.299 e. The minimum atomic E-state index is -4.16. The number of halogens is 4. The molecule has 1 aromatic carbocycles. The maximum atomic E-state index is 13.7. The normalized spacial score (nSPS) is 13.9. The van der Waals surface area contributed by atoms with Gasteiger partial charge in [0.2, 0.25) is 0 Å². The summed E-state index contributed by atoms with van der Waals surface area (Å²) >= 11 is 0. The van der Waals surface area contributed by atoms with Crippen LogP contribution in [-0.4, -0.2) is 49.2 Å². The van der Waals surface area contributed by atoms with E-state index < -0.39 is 12.7 Å². The zero-order valence-corrected chi connectivity index (χ0v) is 13.3. The molecule has 0 saturated heterocycles. The van der Waals surface area contributed by atoms with Gasteiger partial charge in [0.15, 0.2) is 0 Å². The Bertz CT molecular complexity index is 448. The van der Waals surface area contributed by atoms with Gasteiger partial charge in [0, 0.05) is 11.6 Å². The Morgan fingerprint density at radius 1 is 1.14 bits per heavy atom. The number of benzene rings is 1. The molecule has 22 heavy (non-hydrogen) atoms. The summed E-state index contributed by atoms with van der Waals surface area (Å²) < 4.78 is 50.9. The quantitative estimate of drug-likeness (QED) is 0.666. The van der Waals surface area contributed by atoms with Crippen LogP contribution in [0.5, 0.6) is 0 Å². The highest BCUT2D eigenvalue weighted by atomic mass is 19.4. The van der Waals surface area contributed by atoms with Crippen LogP contribution in [0.15, 0.2) is 24.3 Å². The molecule has 0 spiro atoms. The third-order valence-corrected chi connectivity index (χ3v) is 3.85. The Balaban J connectivity index is 2.45. The molecule has 6 heteroatoms. The van der Waals surface area contributed by atoms with Gasteiger partial charge < -0.3 is 0 Å². The van der Waals surface area contributed by atoms with Crippen LogP contribution in [-0.2, 0) is 0 Å². The number of rotatable bonds is 8. The lowest BCUT2D eigenvalue weighted by molar-refractivity contribution is -0.145. The first kappa shape index (κ1) is 18.9. The van der Waals surface area contributed by atoms with Crippen LogP contribution in [0.3, 0.4) is 0 Å². The third kappa shape index (κ3) is 6.32. The van der Waals surface area contributed by atoms with E-state index in [0.29, 0.717) is 31.6 Å². The third-order valence-electron chi connectivity index (χ3n) is 3.85. The van der Waals surface area contributed by atoms with Crippen molar-refractivity contribution in [2.75, 3.05) is 33.2 Å². The first-order chi connectivity index (χ1) is 10.2. The number of alkyl halides is 3. The molecule has 0 saturated carbocycles. The van der Waals surface area contributed by atoms with Crippen molar-refractivity contribution in [1.82, 2.24) is 9.80 Å². The van der Waals surface area contributed by atoms with Gasteiger partial charge in [-0.3, -0.25) is 9.80 Å².